The van der Waals surface area contributed by atoms with E-state index in [4.69, 9.17) is 9.47 Å². The van der Waals surface area contributed by atoms with E-state index in [1.165, 1.54) is 18.1 Å². The van der Waals surface area contributed by atoms with Crippen molar-refractivity contribution in [3.63, 3.8) is 0 Å². The van der Waals surface area contributed by atoms with Gasteiger partial charge in [-0.1, -0.05) is 6.07 Å². The molecule has 1 spiro atoms. The number of likely N-dealkylation sites (tertiary alicyclic amines) is 2. The van der Waals surface area contributed by atoms with Gasteiger partial charge in [0.15, 0.2) is 5.82 Å². The minimum absolute atomic E-state index is 0.0667. The lowest BCUT2D eigenvalue weighted by Gasteiger charge is -2.38. The highest BCUT2D eigenvalue weighted by Gasteiger charge is 2.50. The number of rotatable bonds is 7. The zero-order valence-electron chi connectivity index (χ0n) is 19.0. The van der Waals surface area contributed by atoms with Gasteiger partial charge >= 0.3 is 5.97 Å². The first-order valence-corrected chi connectivity index (χ1v) is 11.3. The maximum atomic E-state index is 13.4. The maximum absolute atomic E-state index is 13.4. The van der Waals surface area contributed by atoms with E-state index in [0.29, 0.717) is 61.7 Å². The highest BCUT2D eigenvalue weighted by molar-refractivity contribution is 5.95. The number of aliphatic hydroxyl groups excluding tert-OH is 1. The summed E-state index contributed by atoms with van der Waals surface area (Å²) in [7, 11) is 1.52. The molecule has 2 saturated heterocycles. The zero-order chi connectivity index (χ0) is 23.7. The number of tetrazole rings is 1. The molecule has 1 amide bonds. The molecule has 0 radical (unpaired) electrons. The summed E-state index contributed by atoms with van der Waals surface area (Å²) in [5.41, 5.74) is 1.37. The van der Waals surface area contributed by atoms with Crippen molar-refractivity contribution in [2.24, 2.45) is 5.41 Å². The summed E-state index contributed by atoms with van der Waals surface area (Å²) in [6, 6.07) is 3.57. The molecule has 1 atom stereocenters. The van der Waals surface area contributed by atoms with E-state index in [0.717, 1.165) is 6.42 Å². The first kappa shape index (κ1) is 22.6. The lowest BCUT2D eigenvalue weighted by atomic mass is 9.77. The van der Waals surface area contributed by atoms with Gasteiger partial charge in [0.25, 0.3) is 0 Å². The number of piperidine rings is 1. The lowest BCUT2D eigenvalue weighted by Crippen LogP contribution is -2.45. The summed E-state index contributed by atoms with van der Waals surface area (Å²) >= 11 is 0. The Balaban J connectivity index is 1.19. The Morgan fingerprint density at radius 3 is 2.68 bits per heavy atom. The van der Waals surface area contributed by atoms with Gasteiger partial charge in [-0.3, -0.25) is 4.79 Å². The monoisotopic (exact) mass is 469 g/mol. The molecule has 3 aliphatic heterocycles. The Kier molecular flexibility index (Phi) is 6.11. The molecule has 0 unspecified atom stereocenters. The van der Waals surface area contributed by atoms with E-state index in [1.54, 1.807) is 17.2 Å². The largest absolute Gasteiger partial charge is 0.456 e. The molecule has 34 heavy (non-hydrogen) atoms. The summed E-state index contributed by atoms with van der Waals surface area (Å²) in [5, 5.41) is 21.7. The number of amides is 1. The number of pyridine rings is 1. The number of carbonyl (C=O) groups is 2. The number of hydrogen-bond acceptors (Lipinski definition) is 10. The predicted molar refractivity (Wildman–Crippen MR) is 116 cm³/mol. The van der Waals surface area contributed by atoms with Gasteiger partial charge in [-0.05, 0) is 48.8 Å². The topological polar surface area (TPSA) is 136 Å². The van der Waals surface area contributed by atoms with E-state index < -0.39 is 17.5 Å². The molecule has 12 heteroatoms. The van der Waals surface area contributed by atoms with Gasteiger partial charge in [-0.2, -0.15) is 4.68 Å². The Bertz CT molecular complexity index is 1080. The van der Waals surface area contributed by atoms with Crippen LogP contribution in [-0.4, -0.2) is 98.5 Å². The third kappa shape index (κ3) is 4.08. The number of carbonyl (C=O) groups excluding carboxylic acids is 2. The van der Waals surface area contributed by atoms with Crippen LogP contribution in [0.4, 0.5) is 0 Å². The molecule has 2 aromatic rings. The second-order valence-corrected chi connectivity index (χ2v) is 8.94. The van der Waals surface area contributed by atoms with Crippen LogP contribution in [0, 0.1) is 5.41 Å². The molecule has 12 nitrogen and oxygen atoms in total. The molecule has 0 saturated carbocycles. The fraction of sp³-hybridized carbons (Fsp3) is 0.545. The van der Waals surface area contributed by atoms with E-state index in [9.17, 15) is 14.7 Å². The number of methoxy groups -OCH3 is 1. The van der Waals surface area contributed by atoms with Crippen molar-refractivity contribution >= 4 is 11.9 Å². The second kappa shape index (κ2) is 9.20. The number of nitrogens with zero attached hydrogens (tertiary/aromatic N) is 7. The molecule has 1 N–H and O–H groups in total. The fourth-order valence-corrected chi connectivity index (χ4v) is 5.01. The van der Waals surface area contributed by atoms with E-state index in [1.807, 2.05) is 6.07 Å². The minimum atomic E-state index is -0.691. The number of β-amino-alcohol motifs (C(OH)–C–C–N with tert-alkyl or cyclic N) is 1. The molecule has 2 aromatic heterocycles. The van der Waals surface area contributed by atoms with Crippen molar-refractivity contribution in [3.05, 3.63) is 41.5 Å². The van der Waals surface area contributed by atoms with Crippen molar-refractivity contribution in [1.82, 2.24) is 35.0 Å². The van der Waals surface area contributed by atoms with Crippen LogP contribution >= 0.6 is 0 Å². The lowest BCUT2D eigenvalue weighted by molar-refractivity contribution is -0.139. The van der Waals surface area contributed by atoms with Crippen molar-refractivity contribution in [2.45, 2.75) is 25.4 Å². The standard InChI is InChI=1S/C22H27N7O5/c1-33-12-16-17(13-34-20(16)31)28-9-6-22(21(28)32)4-7-27(8-5-22)11-18(30)15-2-3-19(23-10-15)29-14-24-25-26-29/h2-3,10,14,18,30H,4-9,11-13H2,1H3/t18-/m1/s1. The van der Waals surface area contributed by atoms with Gasteiger partial charge in [-0.25, -0.2) is 9.78 Å². The van der Waals surface area contributed by atoms with E-state index in [-0.39, 0.29) is 19.1 Å². The first-order valence-electron chi connectivity index (χ1n) is 11.3. The van der Waals surface area contributed by atoms with Crippen molar-refractivity contribution in [1.29, 1.82) is 0 Å². The average molecular weight is 470 g/mol. The molecule has 0 aliphatic carbocycles. The summed E-state index contributed by atoms with van der Waals surface area (Å²) < 4.78 is 11.7. The molecular weight excluding hydrogens is 442 g/mol. The van der Waals surface area contributed by atoms with Crippen LogP contribution in [0.25, 0.3) is 5.82 Å². The van der Waals surface area contributed by atoms with Crippen LogP contribution < -0.4 is 0 Å². The van der Waals surface area contributed by atoms with Crippen LogP contribution in [0.15, 0.2) is 35.9 Å². The Morgan fingerprint density at radius 1 is 1.21 bits per heavy atom. The van der Waals surface area contributed by atoms with E-state index in [2.05, 4.69) is 25.4 Å². The summed E-state index contributed by atoms with van der Waals surface area (Å²) in [4.78, 5) is 33.6. The number of hydrogen-bond donors (Lipinski definition) is 1. The molecule has 5 heterocycles. The Morgan fingerprint density at radius 2 is 2.00 bits per heavy atom. The second-order valence-electron chi connectivity index (χ2n) is 8.94. The van der Waals surface area contributed by atoms with E-state index >= 15 is 0 Å². The van der Waals surface area contributed by atoms with Crippen LogP contribution in [0.3, 0.4) is 0 Å². The van der Waals surface area contributed by atoms with Crippen LogP contribution in [0.1, 0.15) is 30.9 Å². The smallest absolute Gasteiger partial charge is 0.338 e. The van der Waals surface area contributed by atoms with Crippen molar-refractivity contribution in [3.8, 4) is 5.82 Å². The van der Waals surface area contributed by atoms with Gasteiger partial charge < -0.3 is 24.4 Å². The molecule has 0 aromatic carbocycles. The normalized spacial score (nSPS) is 21.5. The zero-order valence-corrected chi connectivity index (χ0v) is 19.0. The molecule has 5 rings (SSSR count). The Hall–Kier alpha value is -3.22. The number of aliphatic hydroxyl groups is 1. The Labute approximate surface area is 196 Å². The van der Waals surface area contributed by atoms with Gasteiger partial charge in [0.1, 0.15) is 12.9 Å². The minimum Gasteiger partial charge on any atom is -0.456 e. The summed E-state index contributed by atoms with van der Waals surface area (Å²) in [5.74, 6) is 0.232. The van der Waals surface area contributed by atoms with Crippen molar-refractivity contribution < 1.29 is 24.2 Å². The molecule has 180 valence electrons. The molecular formula is C22H27N7O5. The average Bonchev–Trinajstić information content (AvgIpc) is 3.58. The van der Waals surface area contributed by atoms with Crippen LogP contribution in [0.2, 0.25) is 0 Å². The number of aromatic nitrogens is 5. The first-order chi connectivity index (χ1) is 16.5. The van der Waals surface area contributed by atoms with Crippen LogP contribution in [0.5, 0.6) is 0 Å². The number of esters is 1. The van der Waals surface area contributed by atoms with Crippen LogP contribution in [-0.2, 0) is 19.1 Å². The predicted octanol–water partition coefficient (Wildman–Crippen LogP) is -0.137. The maximum Gasteiger partial charge on any atom is 0.338 e. The highest BCUT2D eigenvalue weighted by Crippen LogP contribution is 2.44. The third-order valence-electron chi connectivity index (χ3n) is 7.05. The summed E-state index contributed by atoms with van der Waals surface area (Å²) in [6.07, 6.45) is 4.58. The molecule has 0 bridgehead atoms. The van der Waals surface area contributed by atoms with Gasteiger partial charge in [-0.15, -0.1) is 5.10 Å². The van der Waals surface area contributed by atoms with Crippen molar-refractivity contribution in [2.75, 3.05) is 46.5 Å². The number of ether oxygens (including phenoxy) is 2. The third-order valence-corrected chi connectivity index (χ3v) is 7.05. The number of cyclic esters (lactones) is 1. The molecule has 2 fully saturated rings. The molecule has 3 aliphatic rings. The quantitative estimate of drug-likeness (QED) is 0.546. The SMILES string of the molecule is COCC1=C(N2CCC3(CCN(C[C@@H](O)c4ccc(-n5cnnn5)nc4)CC3)C2=O)COC1=O. The van der Waals surface area contributed by atoms with Gasteiger partial charge in [0.05, 0.1) is 29.4 Å². The summed E-state index contributed by atoms with van der Waals surface area (Å²) in [6.45, 7) is 2.74. The van der Waals surface area contributed by atoms with Gasteiger partial charge in [0, 0.05) is 32.0 Å². The van der Waals surface area contributed by atoms with Gasteiger partial charge in [0.2, 0.25) is 5.91 Å². The highest BCUT2D eigenvalue weighted by atomic mass is 16.5. The fourth-order valence-electron chi connectivity index (χ4n) is 5.01.